The van der Waals surface area contributed by atoms with E-state index in [1.807, 2.05) is 4.90 Å². The molecule has 2 aromatic rings. The summed E-state index contributed by atoms with van der Waals surface area (Å²) >= 11 is 0. The Morgan fingerprint density at radius 2 is 2.10 bits per heavy atom. The molecule has 1 saturated heterocycles. The molecule has 3 nitrogen and oxygen atoms in total. The number of hydrogen-bond donors (Lipinski definition) is 0. The summed E-state index contributed by atoms with van der Waals surface area (Å²) in [5.41, 5.74) is 2.05. The van der Waals surface area contributed by atoms with E-state index in [0.717, 1.165) is 32.4 Å². The summed E-state index contributed by atoms with van der Waals surface area (Å²) in [7, 11) is 0. The summed E-state index contributed by atoms with van der Waals surface area (Å²) in [6, 6.07) is 12.3. The van der Waals surface area contributed by atoms with Gasteiger partial charge < -0.3 is 9.32 Å². The van der Waals surface area contributed by atoms with Crippen LogP contribution in [0.15, 0.2) is 53.3 Å². The Hall–Kier alpha value is -2.03. The van der Waals surface area contributed by atoms with Crippen molar-refractivity contribution in [2.24, 2.45) is 5.92 Å². The highest BCUT2D eigenvalue weighted by Gasteiger charge is 2.24. The molecular weight excluding hydrogens is 262 g/mol. The summed E-state index contributed by atoms with van der Waals surface area (Å²) < 4.78 is 5.01. The molecule has 1 aliphatic heterocycles. The van der Waals surface area contributed by atoms with E-state index in [0.29, 0.717) is 11.5 Å². The standard InChI is InChI=1S/C18H21NO2/c20-18(17-10-12-21-14-17)19-11-4-7-16(13-19)9-8-15-5-2-1-3-6-15/h1-3,5-6,10,12,14,16H,4,7-9,11,13H2. The molecule has 1 amide bonds. The van der Waals surface area contributed by atoms with Crippen LogP contribution in [-0.2, 0) is 6.42 Å². The van der Waals surface area contributed by atoms with Crippen molar-refractivity contribution in [1.29, 1.82) is 0 Å². The van der Waals surface area contributed by atoms with E-state index in [-0.39, 0.29) is 5.91 Å². The average Bonchev–Trinajstić information content (AvgIpc) is 3.08. The van der Waals surface area contributed by atoms with Crippen LogP contribution in [0.5, 0.6) is 0 Å². The molecule has 1 aromatic carbocycles. The van der Waals surface area contributed by atoms with Gasteiger partial charge in [-0.05, 0) is 43.2 Å². The predicted molar refractivity (Wildman–Crippen MR) is 82.1 cm³/mol. The van der Waals surface area contributed by atoms with Crippen molar-refractivity contribution < 1.29 is 9.21 Å². The fraction of sp³-hybridized carbons (Fsp3) is 0.389. The average molecular weight is 283 g/mol. The number of piperidine rings is 1. The Morgan fingerprint density at radius 3 is 2.86 bits per heavy atom. The molecule has 21 heavy (non-hydrogen) atoms. The smallest absolute Gasteiger partial charge is 0.257 e. The fourth-order valence-corrected chi connectivity index (χ4v) is 3.07. The second-order valence-corrected chi connectivity index (χ2v) is 5.80. The van der Waals surface area contributed by atoms with Gasteiger partial charge in [0.05, 0.1) is 11.8 Å². The molecule has 1 aliphatic rings. The number of hydrogen-bond acceptors (Lipinski definition) is 2. The highest BCUT2D eigenvalue weighted by atomic mass is 16.3. The highest BCUT2D eigenvalue weighted by Crippen LogP contribution is 2.23. The lowest BCUT2D eigenvalue weighted by atomic mass is 9.91. The van der Waals surface area contributed by atoms with E-state index in [9.17, 15) is 4.79 Å². The van der Waals surface area contributed by atoms with Crippen LogP contribution in [0.1, 0.15) is 35.2 Å². The summed E-state index contributed by atoms with van der Waals surface area (Å²) in [6.07, 6.45) is 7.67. The third-order valence-electron chi connectivity index (χ3n) is 4.26. The summed E-state index contributed by atoms with van der Waals surface area (Å²) in [6.45, 7) is 1.74. The van der Waals surface area contributed by atoms with Crippen LogP contribution < -0.4 is 0 Å². The van der Waals surface area contributed by atoms with Gasteiger partial charge in [-0.2, -0.15) is 0 Å². The molecule has 2 heterocycles. The summed E-state index contributed by atoms with van der Waals surface area (Å²) in [5.74, 6) is 0.711. The van der Waals surface area contributed by atoms with Gasteiger partial charge in [-0.15, -0.1) is 0 Å². The van der Waals surface area contributed by atoms with Crippen LogP contribution in [0.2, 0.25) is 0 Å². The molecule has 0 spiro atoms. The van der Waals surface area contributed by atoms with Crippen LogP contribution in [-0.4, -0.2) is 23.9 Å². The monoisotopic (exact) mass is 283 g/mol. The van der Waals surface area contributed by atoms with Crippen molar-refractivity contribution >= 4 is 5.91 Å². The minimum atomic E-state index is 0.105. The molecule has 0 aliphatic carbocycles. The molecule has 0 bridgehead atoms. The minimum Gasteiger partial charge on any atom is -0.472 e. The number of amides is 1. The first-order valence-electron chi connectivity index (χ1n) is 7.68. The predicted octanol–water partition coefficient (Wildman–Crippen LogP) is 3.76. The second kappa shape index (κ2) is 6.61. The molecule has 1 atom stereocenters. The quantitative estimate of drug-likeness (QED) is 0.856. The number of nitrogens with zero attached hydrogens (tertiary/aromatic N) is 1. The molecule has 0 radical (unpaired) electrons. The highest BCUT2D eigenvalue weighted by molar-refractivity contribution is 5.93. The van der Waals surface area contributed by atoms with Crippen LogP contribution in [0.4, 0.5) is 0 Å². The first kappa shape index (κ1) is 13.9. The summed E-state index contributed by atoms with van der Waals surface area (Å²) in [5, 5.41) is 0. The molecular formula is C18H21NO2. The maximum Gasteiger partial charge on any atom is 0.257 e. The summed E-state index contributed by atoms with van der Waals surface area (Å²) in [4.78, 5) is 14.3. The second-order valence-electron chi connectivity index (χ2n) is 5.80. The van der Waals surface area contributed by atoms with Crippen molar-refractivity contribution in [1.82, 2.24) is 4.90 Å². The largest absolute Gasteiger partial charge is 0.472 e. The molecule has 1 unspecified atom stereocenters. The molecule has 0 saturated carbocycles. The van der Waals surface area contributed by atoms with E-state index in [4.69, 9.17) is 4.42 Å². The van der Waals surface area contributed by atoms with Crippen LogP contribution in [0.25, 0.3) is 0 Å². The van der Waals surface area contributed by atoms with Gasteiger partial charge in [0, 0.05) is 13.1 Å². The molecule has 1 fully saturated rings. The zero-order chi connectivity index (χ0) is 14.5. The minimum absolute atomic E-state index is 0.105. The van der Waals surface area contributed by atoms with Gasteiger partial charge in [-0.3, -0.25) is 4.79 Å². The normalized spacial score (nSPS) is 18.7. The van der Waals surface area contributed by atoms with Crippen LogP contribution in [0, 0.1) is 5.92 Å². The molecule has 110 valence electrons. The Bertz CT molecular complexity index is 562. The van der Waals surface area contributed by atoms with Gasteiger partial charge in [-0.1, -0.05) is 30.3 Å². The van der Waals surface area contributed by atoms with E-state index in [2.05, 4.69) is 30.3 Å². The van der Waals surface area contributed by atoms with Crippen molar-refractivity contribution in [3.63, 3.8) is 0 Å². The Balaban J connectivity index is 1.55. The lowest BCUT2D eigenvalue weighted by Gasteiger charge is -2.32. The molecule has 0 N–H and O–H groups in total. The van der Waals surface area contributed by atoms with E-state index >= 15 is 0 Å². The number of rotatable bonds is 4. The van der Waals surface area contributed by atoms with Gasteiger partial charge >= 0.3 is 0 Å². The van der Waals surface area contributed by atoms with E-state index in [1.54, 1.807) is 12.3 Å². The van der Waals surface area contributed by atoms with Crippen LogP contribution in [0.3, 0.4) is 0 Å². The Morgan fingerprint density at radius 1 is 1.24 bits per heavy atom. The van der Waals surface area contributed by atoms with Crippen molar-refractivity contribution in [3.8, 4) is 0 Å². The van der Waals surface area contributed by atoms with Gasteiger partial charge in [0.15, 0.2) is 0 Å². The van der Waals surface area contributed by atoms with Gasteiger partial charge in [0.2, 0.25) is 0 Å². The topological polar surface area (TPSA) is 33.5 Å². The third kappa shape index (κ3) is 3.54. The molecule has 3 rings (SSSR count). The van der Waals surface area contributed by atoms with E-state index < -0.39 is 0 Å². The lowest BCUT2D eigenvalue weighted by Crippen LogP contribution is -2.39. The van der Waals surface area contributed by atoms with Crippen molar-refractivity contribution in [3.05, 3.63) is 60.1 Å². The number of aryl methyl sites for hydroxylation is 1. The molecule has 3 heteroatoms. The number of carbonyl (C=O) groups is 1. The zero-order valence-corrected chi connectivity index (χ0v) is 12.2. The number of benzene rings is 1. The maximum absolute atomic E-state index is 12.3. The SMILES string of the molecule is O=C(c1ccoc1)N1CCCC(CCc2ccccc2)C1. The number of likely N-dealkylation sites (tertiary alicyclic amines) is 1. The zero-order valence-electron chi connectivity index (χ0n) is 12.2. The number of furan rings is 1. The Labute approximate surface area is 125 Å². The molecule has 1 aromatic heterocycles. The van der Waals surface area contributed by atoms with Gasteiger partial charge in [0.25, 0.3) is 5.91 Å². The first-order chi connectivity index (χ1) is 10.3. The Kier molecular flexibility index (Phi) is 4.39. The van der Waals surface area contributed by atoms with Crippen molar-refractivity contribution in [2.75, 3.05) is 13.1 Å². The van der Waals surface area contributed by atoms with Crippen molar-refractivity contribution in [2.45, 2.75) is 25.7 Å². The van der Waals surface area contributed by atoms with Gasteiger partial charge in [-0.25, -0.2) is 0 Å². The third-order valence-corrected chi connectivity index (χ3v) is 4.26. The van der Waals surface area contributed by atoms with E-state index in [1.165, 1.54) is 18.2 Å². The fourth-order valence-electron chi connectivity index (χ4n) is 3.07. The first-order valence-corrected chi connectivity index (χ1v) is 7.68. The maximum atomic E-state index is 12.3. The van der Waals surface area contributed by atoms with Crippen LogP contribution >= 0.6 is 0 Å². The number of carbonyl (C=O) groups excluding carboxylic acids is 1. The lowest BCUT2D eigenvalue weighted by molar-refractivity contribution is 0.0667. The van der Waals surface area contributed by atoms with Gasteiger partial charge in [0.1, 0.15) is 6.26 Å².